The summed E-state index contributed by atoms with van der Waals surface area (Å²) in [6.45, 7) is 0. The first-order valence-electron chi connectivity index (χ1n) is 6.34. The number of nitrogen functional groups attached to an aromatic ring is 2. The van der Waals surface area contributed by atoms with Crippen molar-refractivity contribution in [2.75, 3.05) is 11.5 Å². The fraction of sp³-hybridized carbons (Fsp3) is 0. The highest BCUT2D eigenvalue weighted by atomic mass is 19.2. The molecule has 4 N–H and O–H groups in total. The third-order valence-corrected chi connectivity index (χ3v) is 3.03. The lowest BCUT2D eigenvalue weighted by Crippen LogP contribution is -2.06. The van der Waals surface area contributed by atoms with Crippen LogP contribution in [0.4, 0.5) is 46.5 Å². The molecule has 0 aliphatic rings. The summed E-state index contributed by atoms with van der Waals surface area (Å²) in [6, 6.07) is 0. The minimum absolute atomic E-state index is 1.39. The highest BCUT2D eigenvalue weighted by Gasteiger charge is 2.23. The minimum Gasteiger partial charge on any atom is -0.394 e. The molecular formula is C16H4F8N2. The van der Waals surface area contributed by atoms with E-state index >= 15 is 0 Å². The van der Waals surface area contributed by atoms with E-state index in [1.165, 1.54) is 0 Å². The van der Waals surface area contributed by atoms with Crippen LogP contribution in [0, 0.1) is 70.2 Å². The Hall–Kier alpha value is -3.40. The van der Waals surface area contributed by atoms with Crippen LogP contribution < -0.4 is 11.5 Å². The second-order valence-corrected chi connectivity index (χ2v) is 4.59. The summed E-state index contributed by atoms with van der Waals surface area (Å²) < 4.78 is 107. The Labute approximate surface area is 140 Å². The van der Waals surface area contributed by atoms with Crippen molar-refractivity contribution in [3.05, 3.63) is 57.7 Å². The van der Waals surface area contributed by atoms with Crippen LogP contribution in [0.15, 0.2) is 0 Å². The Morgan fingerprint density at radius 1 is 0.423 bits per heavy atom. The molecule has 10 heteroatoms. The molecule has 0 fully saturated rings. The molecule has 0 spiro atoms. The quantitative estimate of drug-likeness (QED) is 0.321. The Morgan fingerprint density at radius 2 is 0.654 bits per heavy atom. The largest absolute Gasteiger partial charge is 0.394 e. The Kier molecular flexibility index (Phi) is 4.98. The minimum atomic E-state index is -1.92. The lowest BCUT2D eigenvalue weighted by atomic mass is 10.1. The number of hydrogen-bond donors (Lipinski definition) is 2. The summed E-state index contributed by atoms with van der Waals surface area (Å²) in [5.41, 5.74) is 3.98. The second-order valence-electron chi connectivity index (χ2n) is 4.59. The summed E-state index contributed by atoms with van der Waals surface area (Å²) in [7, 11) is 0. The molecule has 26 heavy (non-hydrogen) atoms. The van der Waals surface area contributed by atoms with Gasteiger partial charge in [0.1, 0.15) is 22.5 Å². The zero-order valence-electron chi connectivity index (χ0n) is 12.2. The van der Waals surface area contributed by atoms with Gasteiger partial charge in [-0.05, 0) is 23.7 Å². The van der Waals surface area contributed by atoms with Gasteiger partial charge in [0.05, 0.1) is 0 Å². The van der Waals surface area contributed by atoms with E-state index in [0.717, 1.165) is 0 Å². The standard InChI is InChI=1S/C16H4F8N2/c17-7-5(8(18)12(22)15(25)11(7)21)3-1-2-4-6-9(19)13(23)16(26)14(24)10(6)20/h25-26H2. The Bertz CT molecular complexity index is 911. The first-order chi connectivity index (χ1) is 12.1. The highest BCUT2D eigenvalue weighted by Crippen LogP contribution is 2.26. The third-order valence-electron chi connectivity index (χ3n) is 3.03. The molecule has 0 aliphatic heterocycles. The molecule has 0 heterocycles. The molecule has 0 aliphatic carbocycles. The van der Waals surface area contributed by atoms with E-state index in [1.54, 1.807) is 23.7 Å². The topological polar surface area (TPSA) is 52.0 Å². The maximum absolute atomic E-state index is 13.5. The predicted octanol–water partition coefficient (Wildman–Crippen LogP) is 3.37. The van der Waals surface area contributed by atoms with Gasteiger partial charge in [-0.2, -0.15) is 0 Å². The zero-order valence-corrected chi connectivity index (χ0v) is 12.2. The van der Waals surface area contributed by atoms with Gasteiger partial charge < -0.3 is 11.5 Å². The molecule has 0 saturated heterocycles. The maximum atomic E-state index is 13.5. The van der Waals surface area contributed by atoms with Crippen LogP contribution in [-0.4, -0.2) is 0 Å². The van der Waals surface area contributed by atoms with Gasteiger partial charge in [-0.1, -0.05) is 0 Å². The van der Waals surface area contributed by atoms with Crippen LogP contribution in [0.5, 0.6) is 0 Å². The van der Waals surface area contributed by atoms with Crippen LogP contribution in [0.2, 0.25) is 0 Å². The van der Waals surface area contributed by atoms with E-state index in [-0.39, 0.29) is 0 Å². The van der Waals surface area contributed by atoms with Crippen LogP contribution >= 0.6 is 0 Å². The number of benzene rings is 2. The molecule has 0 atom stereocenters. The number of nitrogens with two attached hydrogens (primary N) is 2. The lowest BCUT2D eigenvalue weighted by molar-refractivity contribution is 0.456. The van der Waals surface area contributed by atoms with Gasteiger partial charge in [0.15, 0.2) is 46.5 Å². The predicted molar refractivity (Wildman–Crippen MR) is 75.1 cm³/mol. The summed E-state index contributed by atoms with van der Waals surface area (Å²) >= 11 is 0. The summed E-state index contributed by atoms with van der Waals surface area (Å²) in [6.07, 6.45) is 0. The molecule has 0 radical (unpaired) electrons. The monoisotopic (exact) mass is 376 g/mol. The third kappa shape index (κ3) is 2.97. The number of hydrogen-bond acceptors (Lipinski definition) is 2. The molecule has 0 amide bonds. The normalized spacial score (nSPS) is 10.0. The fourth-order valence-corrected chi connectivity index (χ4v) is 1.70. The van der Waals surface area contributed by atoms with Crippen LogP contribution in [-0.2, 0) is 0 Å². The first kappa shape index (κ1) is 18.9. The summed E-state index contributed by atoms with van der Waals surface area (Å²) in [4.78, 5) is 0. The van der Waals surface area contributed by atoms with Crippen molar-refractivity contribution in [3.63, 3.8) is 0 Å². The Morgan fingerprint density at radius 3 is 0.885 bits per heavy atom. The maximum Gasteiger partial charge on any atom is 0.186 e. The van der Waals surface area contributed by atoms with Crippen LogP contribution in [0.25, 0.3) is 0 Å². The Balaban J connectivity index is 2.54. The van der Waals surface area contributed by atoms with Crippen LogP contribution in [0.3, 0.4) is 0 Å². The van der Waals surface area contributed by atoms with Gasteiger partial charge in [-0.15, -0.1) is 0 Å². The molecule has 2 nitrogen and oxygen atoms in total. The zero-order chi connectivity index (χ0) is 19.8. The molecule has 2 aromatic carbocycles. The first-order valence-corrected chi connectivity index (χ1v) is 6.34. The smallest absolute Gasteiger partial charge is 0.186 e. The van der Waals surface area contributed by atoms with Gasteiger partial charge in [0, 0.05) is 0 Å². The highest BCUT2D eigenvalue weighted by molar-refractivity contribution is 5.54. The molecular weight excluding hydrogens is 372 g/mol. The SMILES string of the molecule is Nc1c(F)c(F)c(C#CC#Cc2c(F)c(F)c(N)c(F)c2F)c(F)c1F. The number of rotatable bonds is 0. The molecule has 2 rings (SSSR count). The van der Waals surface area contributed by atoms with Gasteiger partial charge in [0.2, 0.25) is 0 Å². The molecule has 134 valence electrons. The average molecular weight is 376 g/mol. The van der Waals surface area contributed by atoms with Crippen LogP contribution in [0.1, 0.15) is 11.1 Å². The number of halogens is 8. The van der Waals surface area contributed by atoms with Crippen molar-refractivity contribution < 1.29 is 35.1 Å². The van der Waals surface area contributed by atoms with E-state index in [2.05, 4.69) is 0 Å². The lowest BCUT2D eigenvalue weighted by Gasteiger charge is -2.04. The average Bonchev–Trinajstić information content (AvgIpc) is 2.63. The van der Waals surface area contributed by atoms with Crippen molar-refractivity contribution in [1.29, 1.82) is 0 Å². The molecule has 0 unspecified atom stereocenters. The number of anilines is 2. The fourth-order valence-electron chi connectivity index (χ4n) is 1.70. The van der Waals surface area contributed by atoms with Gasteiger partial charge in [-0.3, -0.25) is 0 Å². The van der Waals surface area contributed by atoms with Gasteiger partial charge in [-0.25, -0.2) is 35.1 Å². The van der Waals surface area contributed by atoms with E-state index in [0.29, 0.717) is 0 Å². The van der Waals surface area contributed by atoms with Gasteiger partial charge in [0.25, 0.3) is 0 Å². The van der Waals surface area contributed by atoms with Crippen molar-refractivity contribution in [3.8, 4) is 23.7 Å². The summed E-state index contributed by atoms with van der Waals surface area (Å²) in [5.74, 6) is -8.86. The molecule has 0 bridgehead atoms. The van der Waals surface area contributed by atoms with E-state index < -0.39 is 69.0 Å². The van der Waals surface area contributed by atoms with Gasteiger partial charge >= 0.3 is 0 Å². The molecule has 0 saturated carbocycles. The van der Waals surface area contributed by atoms with Crippen molar-refractivity contribution in [1.82, 2.24) is 0 Å². The van der Waals surface area contributed by atoms with Crippen molar-refractivity contribution in [2.45, 2.75) is 0 Å². The second kappa shape index (κ2) is 6.84. The van der Waals surface area contributed by atoms with E-state index in [9.17, 15) is 35.1 Å². The molecule has 0 aromatic heterocycles. The van der Waals surface area contributed by atoms with E-state index in [1.807, 2.05) is 0 Å². The summed E-state index contributed by atoms with van der Waals surface area (Å²) in [5, 5.41) is 0. The van der Waals surface area contributed by atoms with E-state index in [4.69, 9.17) is 11.5 Å². The van der Waals surface area contributed by atoms with Crippen molar-refractivity contribution in [2.24, 2.45) is 0 Å². The molecule has 2 aromatic rings. The van der Waals surface area contributed by atoms with Crippen molar-refractivity contribution >= 4 is 11.4 Å².